The number of nitrogens with two attached hydrogens (primary N) is 1. The molecule has 21 heavy (non-hydrogen) atoms. The van der Waals surface area contributed by atoms with Gasteiger partial charge in [0, 0.05) is 23.2 Å². The summed E-state index contributed by atoms with van der Waals surface area (Å²) in [5.74, 6) is 0.585. The van der Waals surface area contributed by atoms with Crippen molar-refractivity contribution in [3.63, 3.8) is 0 Å². The van der Waals surface area contributed by atoms with E-state index in [1.54, 1.807) is 17.0 Å². The molecule has 7 heteroatoms. The summed E-state index contributed by atoms with van der Waals surface area (Å²) in [4.78, 5) is 15.0. The quantitative estimate of drug-likeness (QED) is 0.653. The monoisotopic (exact) mass is 328 g/mol. The zero-order chi connectivity index (χ0) is 15.5. The predicted octanol–water partition coefficient (Wildman–Crippen LogP) is 1.40. The normalized spacial score (nSPS) is 20.3. The summed E-state index contributed by atoms with van der Waals surface area (Å²) in [7, 11) is -2.97. The van der Waals surface area contributed by atoms with Gasteiger partial charge in [-0.25, -0.2) is 8.42 Å². The maximum absolute atomic E-state index is 12.3. The molecule has 1 fully saturated rings. The number of carbonyl (C=O) groups excluding carboxylic acids is 1. The minimum atomic E-state index is -2.97. The third-order valence-electron chi connectivity index (χ3n) is 3.55. The third kappa shape index (κ3) is 4.38. The summed E-state index contributed by atoms with van der Waals surface area (Å²) in [5.41, 5.74) is 6.31. The van der Waals surface area contributed by atoms with Crippen LogP contribution < -0.4 is 5.73 Å². The van der Waals surface area contributed by atoms with Crippen LogP contribution in [0.2, 0.25) is 0 Å². The van der Waals surface area contributed by atoms with E-state index in [1.807, 2.05) is 19.1 Å². The van der Waals surface area contributed by atoms with E-state index < -0.39 is 9.84 Å². The molecule has 116 valence electrons. The molecule has 1 saturated heterocycles. The van der Waals surface area contributed by atoms with Gasteiger partial charge in [0.15, 0.2) is 9.84 Å². The van der Waals surface area contributed by atoms with Crippen LogP contribution in [0, 0.1) is 0 Å². The van der Waals surface area contributed by atoms with E-state index in [9.17, 15) is 13.2 Å². The molecular formula is C14H20N2O3S2. The second-order valence-electron chi connectivity index (χ2n) is 5.09. The van der Waals surface area contributed by atoms with Crippen LogP contribution in [0.4, 0.5) is 5.69 Å². The maximum atomic E-state index is 12.3. The molecule has 1 aromatic carbocycles. The Morgan fingerprint density at radius 2 is 2.05 bits per heavy atom. The Balaban J connectivity index is 1.93. The van der Waals surface area contributed by atoms with Crippen molar-refractivity contribution in [3.8, 4) is 0 Å². The van der Waals surface area contributed by atoms with Crippen LogP contribution in [-0.2, 0) is 14.6 Å². The Hall–Kier alpha value is -1.21. The fraction of sp³-hybridized carbons (Fsp3) is 0.500. The molecule has 1 aliphatic heterocycles. The number of benzene rings is 1. The summed E-state index contributed by atoms with van der Waals surface area (Å²) in [6, 6.07) is 7.19. The summed E-state index contributed by atoms with van der Waals surface area (Å²) < 4.78 is 23.1. The molecule has 0 saturated carbocycles. The SMILES string of the molecule is CCN(C(=O)CSc1ccc(N)cc1)C1CCS(=O)(=O)C1. The number of sulfone groups is 1. The molecule has 0 bridgehead atoms. The first-order valence-corrected chi connectivity index (χ1v) is 9.70. The van der Waals surface area contributed by atoms with Crippen LogP contribution >= 0.6 is 11.8 Å². The summed E-state index contributed by atoms with van der Waals surface area (Å²) in [6.45, 7) is 2.43. The maximum Gasteiger partial charge on any atom is 0.233 e. The van der Waals surface area contributed by atoms with E-state index in [4.69, 9.17) is 5.73 Å². The highest BCUT2D eigenvalue weighted by Gasteiger charge is 2.33. The number of thioether (sulfide) groups is 1. The predicted molar refractivity (Wildman–Crippen MR) is 86.0 cm³/mol. The van der Waals surface area contributed by atoms with Crippen molar-refractivity contribution in [2.75, 3.05) is 29.5 Å². The number of rotatable bonds is 5. The van der Waals surface area contributed by atoms with Crippen molar-refractivity contribution in [3.05, 3.63) is 24.3 Å². The van der Waals surface area contributed by atoms with Crippen LogP contribution in [-0.4, -0.2) is 49.1 Å². The fourth-order valence-electron chi connectivity index (χ4n) is 2.45. The van der Waals surface area contributed by atoms with Crippen molar-refractivity contribution in [1.82, 2.24) is 4.90 Å². The Bertz CT molecular complexity index is 599. The number of anilines is 1. The molecule has 1 aromatic rings. The van der Waals surface area contributed by atoms with Crippen molar-refractivity contribution in [2.45, 2.75) is 24.3 Å². The minimum Gasteiger partial charge on any atom is -0.399 e. The Labute approximate surface area is 129 Å². The van der Waals surface area contributed by atoms with Crippen LogP contribution in [0.15, 0.2) is 29.2 Å². The van der Waals surface area contributed by atoms with Crippen molar-refractivity contribution in [1.29, 1.82) is 0 Å². The lowest BCUT2D eigenvalue weighted by molar-refractivity contribution is -0.129. The van der Waals surface area contributed by atoms with Gasteiger partial charge in [0.2, 0.25) is 5.91 Å². The van der Waals surface area contributed by atoms with Gasteiger partial charge in [-0.15, -0.1) is 11.8 Å². The fourth-order valence-corrected chi connectivity index (χ4v) is 4.97. The number of nitrogen functional groups attached to an aromatic ring is 1. The van der Waals surface area contributed by atoms with Crippen molar-refractivity contribution in [2.24, 2.45) is 0 Å². The second-order valence-corrected chi connectivity index (χ2v) is 8.37. The van der Waals surface area contributed by atoms with Gasteiger partial charge in [0.25, 0.3) is 0 Å². The molecule has 0 aliphatic carbocycles. The number of amides is 1. The van der Waals surface area contributed by atoms with E-state index in [0.29, 0.717) is 24.4 Å². The molecule has 1 unspecified atom stereocenters. The zero-order valence-corrected chi connectivity index (χ0v) is 13.6. The molecule has 2 rings (SSSR count). The number of hydrogen-bond acceptors (Lipinski definition) is 5. The smallest absolute Gasteiger partial charge is 0.233 e. The van der Waals surface area contributed by atoms with Gasteiger partial charge >= 0.3 is 0 Å². The average Bonchev–Trinajstić information content (AvgIpc) is 2.79. The standard InChI is InChI=1S/C14H20N2O3S2/c1-2-16(12-7-8-21(18,19)10-12)14(17)9-20-13-5-3-11(15)4-6-13/h3-6,12H,2,7-10,15H2,1H3. The van der Waals surface area contributed by atoms with Crippen LogP contribution in [0.1, 0.15) is 13.3 Å². The van der Waals surface area contributed by atoms with Gasteiger partial charge in [-0.2, -0.15) is 0 Å². The average molecular weight is 328 g/mol. The Morgan fingerprint density at radius 3 is 2.57 bits per heavy atom. The highest BCUT2D eigenvalue weighted by molar-refractivity contribution is 8.00. The summed E-state index contributed by atoms with van der Waals surface area (Å²) in [5, 5.41) is 0. The first kappa shape index (κ1) is 16.2. The topological polar surface area (TPSA) is 80.5 Å². The van der Waals surface area contributed by atoms with Crippen LogP contribution in [0.25, 0.3) is 0 Å². The van der Waals surface area contributed by atoms with E-state index in [1.165, 1.54) is 11.8 Å². The molecule has 5 nitrogen and oxygen atoms in total. The zero-order valence-electron chi connectivity index (χ0n) is 12.0. The molecule has 1 atom stereocenters. The molecule has 1 heterocycles. The van der Waals surface area contributed by atoms with Gasteiger partial charge in [0.1, 0.15) is 0 Å². The largest absolute Gasteiger partial charge is 0.399 e. The van der Waals surface area contributed by atoms with Gasteiger partial charge in [-0.05, 0) is 37.6 Å². The number of carbonyl (C=O) groups is 1. The third-order valence-corrected chi connectivity index (χ3v) is 6.30. The van der Waals surface area contributed by atoms with E-state index in [0.717, 1.165) is 4.90 Å². The second kappa shape index (κ2) is 6.70. The van der Waals surface area contributed by atoms with E-state index >= 15 is 0 Å². The highest BCUT2D eigenvalue weighted by atomic mass is 32.2. The molecule has 1 amide bonds. The van der Waals surface area contributed by atoms with Gasteiger partial charge in [-0.1, -0.05) is 0 Å². The molecular weight excluding hydrogens is 308 g/mol. The first-order valence-electron chi connectivity index (χ1n) is 6.89. The minimum absolute atomic E-state index is 0.0126. The lowest BCUT2D eigenvalue weighted by atomic mass is 10.2. The van der Waals surface area contributed by atoms with Crippen molar-refractivity contribution >= 4 is 33.2 Å². The molecule has 2 N–H and O–H groups in total. The number of hydrogen-bond donors (Lipinski definition) is 1. The van der Waals surface area contributed by atoms with Crippen LogP contribution in [0.5, 0.6) is 0 Å². The van der Waals surface area contributed by atoms with Crippen molar-refractivity contribution < 1.29 is 13.2 Å². The lowest BCUT2D eigenvalue weighted by Crippen LogP contribution is -2.41. The van der Waals surface area contributed by atoms with Crippen LogP contribution in [0.3, 0.4) is 0 Å². The molecule has 0 aromatic heterocycles. The first-order chi connectivity index (χ1) is 9.91. The Kier molecular flexibility index (Phi) is 5.16. The van der Waals surface area contributed by atoms with E-state index in [2.05, 4.69) is 0 Å². The van der Waals surface area contributed by atoms with E-state index in [-0.39, 0.29) is 23.5 Å². The van der Waals surface area contributed by atoms with Gasteiger partial charge < -0.3 is 10.6 Å². The molecule has 0 spiro atoms. The molecule has 0 radical (unpaired) electrons. The Morgan fingerprint density at radius 1 is 1.38 bits per heavy atom. The summed E-state index contributed by atoms with van der Waals surface area (Å²) >= 11 is 1.44. The van der Waals surface area contributed by atoms with Gasteiger partial charge in [-0.3, -0.25) is 4.79 Å². The molecule has 1 aliphatic rings. The van der Waals surface area contributed by atoms with Gasteiger partial charge in [0.05, 0.1) is 17.3 Å². The highest BCUT2D eigenvalue weighted by Crippen LogP contribution is 2.22. The number of nitrogens with zero attached hydrogens (tertiary/aromatic N) is 1. The summed E-state index contributed by atoms with van der Waals surface area (Å²) in [6.07, 6.45) is 0.550. The lowest BCUT2D eigenvalue weighted by Gasteiger charge is -2.26.